The molecular formula is C15H23ClFN3. The van der Waals surface area contributed by atoms with E-state index in [0.717, 1.165) is 25.1 Å². The van der Waals surface area contributed by atoms with Crippen molar-refractivity contribution in [2.24, 2.45) is 5.73 Å². The minimum atomic E-state index is -0.299. The maximum Gasteiger partial charge on any atom is 0.125 e. The van der Waals surface area contributed by atoms with E-state index in [-0.39, 0.29) is 11.9 Å². The Labute approximate surface area is 125 Å². The van der Waals surface area contributed by atoms with Gasteiger partial charge in [0.2, 0.25) is 0 Å². The Bertz CT molecular complexity index is 432. The fourth-order valence-electron chi connectivity index (χ4n) is 2.95. The second-order valence-corrected chi connectivity index (χ2v) is 6.15. The predicted molar refractivity (Wildman–Crippen MR) is 81.5 cm³/mol. The summed E-state index contributed by atoms with van der Waals surface area (Å²) in [6, 6.07) is 5.26. The van der Waals surface area contributed by atoms with Crippen LogP contribution in [0.4, 0.5) is 4.39 Å². The highest BCUT2D eigenvalue weighted by Gasteiger charge is 2.27. The summed E-state index contributed by atoms with van der Waals surface area (Å²) in [6.45, 7) is 2.43. The Hall–Kier alpha value is -0.680. The van der Waals surface area contributed by atoms with Crippen LogP contribution in [0.25, 0.3) is 0 Å². The zero-order valence-electron chi connectivity index (χ0n) is 12.1. The van der Waals surface area contributed by atoms with Gasteiger partial charge >= 0.3 is 0 Å². The third-order valence-electron chi connectivity index (χ3n) is 4.09. The molecule has 0 aromatic heterocycles. The quantitative estimate of drug-likeness (QED) is 0.927. The number of hydrogen-bond acceptors (Lipinski definition) is 3. The van der Waals surface area contributed by atoms with Crippen LogP contribution in [0, 0.1) is 5.82 Å². The van der Waals surface area contributed by atoms with Crippen molar-refractivity contribution in [3.8, 4) is 0 Å². The lowest BCUT2D eigenvalue weighted by molar-refractivity contribution is 0.0983. The Kier molecular flexibility index (Phi) is 5.38. The van der Waals surface area contributed by atoms with E-state index in [1.54, 1.807) is 6.07 Å². The zero-order chi connectivity index (χ0) is 14.7. The van der Waals surface area contributed by atoms with Gasteiger partial charge in [-0.25, -0.2) is 4.39 Å². The number of hydrogen-bond donors (Lipinski definition) is 1. The summed E-state index contributed by atoms with van der Waals surface area (Å²) in [4.78, 5) is 4.59. The molecule has 1 heterocycles. The van der Waals surface area contributed by atoms with Gasteiger partial charge in [-0.1, -0.05) is 11.6 Å². The maximum absolute atomic E-state index is 13.5. The van der Waals surface area contributed by atoms with Gasteiger partial charge in [0.1, 0.15) is 5.82 Å². The summed E-state index contributed by atoms with van der Waals surface area (Å²) < 4.78 is 13.5. The smallest absolute Gasteiger partial charge is 0.125 e. The number of benzene rings is 1. The molecule has 0 aliphatic carbocycles. The van der Waals surface area contributed by atoms with Gasteiger partial charge in [-0.15, -0.1) is 0 Å². The van der Waals surface area contributed by atoms with E-state index in [1.807, 2.05) is 6.07 Å². The van der Waals surface area contributed by atoms with Crippen LogP contribution in [0.15, 0.2) is 18.2 Å². The van der Waals surface area contributed by atoms with E-state index < -0.39 is 0 Å². The molecule has 0 saturated carbocycles. The van der Waals surface area contributed by atoms with Gasteiger partial charge < -0.3 is 10.6 Å². The number of likely N-dealkylation sites (tertiary alicyclic amines) is 1. The molecule has 1 aliphatic heterocycles. The molecule has 2 unspecified atom stereocenters. The van der Waals surface area contributed by atoms with E-state index in [4.69, 9.17) is 17.3 Å². The lowest BCUT2D eigenvalue weighted by atomic mass is 9.99. The minimum Gasteiger partial charge on any atom is -0.329 e. The molecule has 2 atom stereocenters. The van der Waals surface area contributed by atoms with Crippen LogP contribution in [-0.2, 0) is 0 Å². The average molecular weight is 300 g/mol. The van der Waals surface area contributed by atoms with E-state index in [0.29, 0.717) is 17.6 Å². The molecule has 1 aromatic rings. The molecule has 0 radical (unpaired) electrons. The summed E-state index contributed by atoms with van der Waals surface area (Å²) in [7, 11) is 4.20. The van der Waals surface area contributed by atoms with Gasteiger partial charge in [-0.05, 0) is 57.2 Å². The van der Waals surface area contributed by atoms with Crippen LogP contribution >= 0.6 is 11.6 Å². The molecule has 2 N–H and O–H groups in total. The molecule has 1 saturated heterocycles. The monoisotopic (exact) mass is 299 g/mol. The van der Waals surface area contributed by atoms with Crippen LogP contribution in [0.1, 0.15) is 24.4 Å². The molecule has 1 fully saturated rings. The average Bonchev–Trinajstić information content (AvgIpc) is 2.39. The van der Waals surface area contributed by atoms with Gasteiger partial charge in [0.05, 0.1) is 0 Å². The van der Waals surface area contributed by atoms with Crippen molar-refractivity contribution in [3.05, 3.63) is 34.6 Å². The van der Waals surface area contributed by atoms with Gasteiger partial charge in [0.15, 0.2) is 0 Å². The Morgan fingerprint density at radius 2 is 2.20 bits per heavy atom. The Balaban J connectivity index is 2.18. The zero-order valence-corrected chi connectivity index (χ0v) is 12.9. The summed E-state index contributed by atoms with van der Waals surface area (Å²) in [6.07, 6.45) is 2.34. The standard InChI is InChI=1S/C15H23ClFN3/c1-19(2)14-4-3-5-20(10-14)15(9-18)11-6-12(16)8-13(17)7-11/h6-8,14-15H,3-5,9-10,18H2,1-2H3. The third kappa shape index (κ3) is 3.70. The van der Waals surface area contributed by atoms with Crippen LogP contribution in [0.3, 0.4) is 0 Å². The van der Waals surface area contributed by atoms with E-state index in [2.05, 4.69) is 23.9 Å². The van der Waals surface area contributed by atoms with Crippen LogP contribution in [0.5, 0.6) is 0 Å². The third-order valence-corrected chi connectivity index (χ3v) is 4.31. The summed E-state index contributed by atoms with van der Waals surface area (Å²) in [5, 5.41) is 0.430. The van der Waals surface area contributed by atoms with Crippen LogP contribution in [-0.4, -0.2) is 49.6 Å². The highest BCUT2D eigenvalue weighted by Crippen LogP contribution is 2.27. The summed E-state index contributed by atoms with van der Waals surface area (Å²) >= 11 is 5.96. The molecule has 0 bridgehead atoms. The molecule has 112 valence electrons. The van der Waals surface area contributed by atoms with Gasteiger partial charge in [-0.2, -0.15) is 0 Å². The first-order chi connectivity index (χ1) is 9.51. The van der Waals surface area contributed by atoms with Crippen molar-refractivity contribution in [3.63, 3.8) is 0 Å². The SMILES string of the molecule is CN(C)C1CCCN(C(CN)c2cc(F)cc(Cl)c2)C1. The van der Waals surface area contributed by atoms with Crippen molar-refractivity contribution < 1.29 is 4.39 Å². The highest BCUT2D eigenvalue weighted by atomic mass is 35.5. The molecule has 2 rings (SSSR count). The molecule has 1 aromatic carbocycles. The van der Waals surface area contributed by atoms with E-state index in [9.17, 15) is 4.39 Å². The van der Waals surface area contributed by atoms with Crippen molar-refractivity contribution in [2.45, 2.75) is 24.9 Å². The molecule has 3 nitrogen and oxygen atoms in total. The van der Waals surface area contributed by atoms with Crippen molar-refractivity contribution in [2.75, 3.05) is 33.7 Å². The molecule has 20 heavy (non-hydrogen) atoms. The molecule has 1 aliphatic rings. The molecular weight excluding hydrogens is 277 g/mol. The van der Waals surface area contributed by atoms with Crippen LogP contribution < -0.4 is 5.73 Å². The topological polar surface area (TPSA) is 32.5 Å². The normalized spacial score (nSPS) is 22.2. The highest BCUT2D eigenvalue weighted by molar-refractivity contribution is 6.30. The fourth-order valence-corrected chi connectivity index (χ4v) is 3.18. The van der Waals surface area contributed by atoms with Gasteiger partial charge in [-0.3, -0.25) is 4.90 Å². The number of piperidine rings is 1. The van der Waals surface area contributed by atoms with Crippen LogP contribution in [0.2, 0.25) is 5.02 Å². The lowest BCUT2D eigenvalue weighted by Crippen LogP contribution is -2.47. The molecule has 5 heteroatoms. The van der Waals surface area contributed by atoms with Crippen molar-refractivity contribution in [1.82, 2.24) is 9.80 Å². The second kappa shape index (κ2) is 6.85. The molecule has 0 spiro atoms. The number of rotatable bonds is 4. The van der Waals surface area contributed by atoms with Crippen molar-refractivity contribution in [1.29, 1.82) is 0 Å². The first-order valence-corrected chi connectivity index (χ1v) is 7.45. The Morgan fingerprint density at radius 1 is 1.45 bits per heavy atom. The summed E-state index contributed by atoms with van der Waals surface area (Å²) in [5.41, 5.74) is 6.81. The maximum atomic E-state index is 13.5. The second-order valence-electron chi connectivity index (χ2n) is 5.71. The van der Waals surface area contributed by atoms with Gasteiger partial charge in [0, 0.05) is 30.2 Å². The first kappa shape index (κ1) is 15.7. The number of nitrogens with zero attached hydrogens (tertiary/aromatic N) is 2. The number of halogens is 2. The van der Waals surface area contributed by atoms with E-state index >= 15 is 0 Å². The number of likely N-dealkylation sites (N-methyl/N-ethyl adjacent to an activating group) is 1. The Morgan fingerprint density at radius 3 is 2.80 bits per heavy atom. The van der Waals surface area contributed by atoms with Gasteiger partial charge in [0.25, 0.3) is 0 Å². The molecule has 0 amide bonds. The first-order valence-electron chi connectivity index (χ1n) is 7.07. The lowest BCUT2D eigenvalue weighted by Gasteiger charge is -2.40. The fraction of sp³-hybridized carbons (Fsp3) is 0.600. The van der Waals surface area contributed by atoms with Crippen molar-refractivity contribution >= 4 is 11.6 Å². The van der Waals surface area contributed by atoms with E-state index in [1.165, 1.54) is 12.5 Å². The minimum absolute atomic E-state index is 0.0333. The predicted octanol–water partition coefficient (Wildman–Crippen LogP) is 2.50. The summed E-state index contributed by atoms with van der Waals surface area (Å²) in [5.74, 6) is -0.299. The largest absolute Gasteiger partial charge is 0.329 e. The number of nitrogens with two attached hydrogens (primary N) is 1.